The van der Waals surface area contributed by atoms with Crippen LogP contribution in [0.4, 0.5) is 5.69 Å². The van der Waals surface area contributed by atoms with Gasteiger partial charge in [0.05, 0.1) is 18.6 Å². The molecule has 0 radical (unpaired) electrons. The first-order valence-corrected chi connectivity index (χ1v) is 10.0. The van der Waals surface area contributed by atoms with E-state index in [1.54, 1.807) is 18.3 Å². The average molecular weight is 418 g/mol. The molecule has 0 aliphatic carbocycles. The maximum absolute atomic E-state index is 12.4. The zero-order valence-corrected chi connectivity index (χ0v) is 17.3. The van der Waals surface area contributed by atoms with Crippen LogP contribution in [0.15, 0.2) is 41.7 Å². The van der Waals surface area contributed by atoms with Crippen LogP contribution in [0.25, 0.3) is 11.5 Å². The Morgan fingerprint density at radius 1 is 1.32 bits per heavy atom. The lowest BCUT2D eigenvalue weighted by molar-refractivity contribution is -0.113. The monoisotopic (exact) mass is 417 g/mol. The van der Waals surface area contributed by atoms with E-state index in [1.807, 2.05) is 36.6 Å². The number of benzene rings is 1. The topological polar surface area (TPSA) is 81.9 Å². The number of thioether (sulfide) groups is 1. The van der Waals surface area contributed by atoms with E-state index in [4.69, 9.17) is 16.3 Å². The van der Waals surface area contributed by atoms with Gasteiger partial charge in [-0.05, 0) is 37.6 Å². The summed E-state index contributed by atoms with van der Waals surface area (Å²) in [6, 6.07) is 9.11. The highest BCUT2D eigenvalue weighted by Gasteiger charge is 2.16. The van der Waals surface area contributed by atoms with Crippen molar-refractivity contribution in [2.75, 3.05) is 18.2 Å². The Balaban J connectivity index is 1.70. The van der Waals surface area contributed by atoms with Crippen LogP contribution in [0.3, 0.4) is 0 Å². The van der Waals surface area contributed by atoms with Crippen LogP contribution in [-0.4, -0.2) is 38.5 Å². The van der Waals surface area contributed by atoms with Gasteiger partial charge in [0.15, 0.2) is 11.0 Å². The van der Waals surface area contributed by atoms with Gasteiger partial charge in [-0.3, -0.25) is 9.78 Å². The molecular formula is C19H20ClN5O2S. The summed E-state index contributed by atoms with van der Waals surface area (Å²) in [5, 5.41) is 12.6. The summed E-state index contributed by atoms with van der Waals surface area (Å²) in [7, 11) is 1.54. The van der Waals surface area contributed by atoms with E-state index in [9.17, 15) is 4.79 Å². The number of hydrogen-bond acceptors (Lipinski definition) is 6. The van der Waals surface area contributed by atoms with E-state index in [2.05, 4.69) is 20.5 Å². The van der Waals surface area contributed by atoms with E-state index in [1.165, 1.54) is 18.9 Å². The number of carbonyl (C=O) groups excluding carboxylic acids is 1. The minimum Gasteiger partial charge on any atom is -0.495 e. The van der Waals surface area contributed by atoms with Gasteiger partial charge < -0.3 is 14.6 Å². The quantitative estimate of drug-likeness (QED) is 0.584. The van der Waals surface area contributed by atoms with E-state index >= 15 is 0 Å². The Labute approximate surface area is 172 Å². The number of amides is 1. The SMILES string of the molecule is CCn1c(SCC(=O)Nc2cc(C)c(Cl)cc2OC)nnc1-c1ccccn1. The molecule has 0 fully saturated rings. The zero-order chi connectivity index (χ0) is 20.1. The number of pyridine rings is 1. The maximum Gasteiger partial charge on any atom is 0.234 e. The fraction of sp³-hybridized carbons (Fsp3) is 0.263. The van der Waals surface area contributed by atoms with Crippen molar-refractivity contribution in [3.8, 4) is 17.3 Å². The number of nitrogens with one attached hydrogen (secondary N) is 1. The predicted octanol–water partition coefficient (Wildman–Crippen LogP) is 4.06. The third kappa shape index (κ3) is 4.45. The zero-order valence-electron chi connectivity index (χ0n) is 15.8. The second kappa shape index (κ2) is 9.07. The molecular weight excluding hydrogens is 398 g/mol. The molecule has 2 aromatic heterocycles. The first-order valence-electron chi connectivity index (χ1n) is 8.64. The molecule has 7 nitrogen and oxygen atoms in total. The summed E-state index contributed by atoms with van der Waals surface area (Å²) in [6.45, 7) is 4.55. The summed E-state index contributed by atoms with van der Waals surface area (Å²) >= 11 is 7.43. The second-order valence-corrected chi connectivity index (χ2v) is 7.25. The Morgan fingerprint density at radius 3 is 2.82 bits per heavy atom. The van der Waals surface area contributed by atoms with Crippen LogP contribution in [0.2, 0.25) is 5.02 Å². The van der Waals surface area contributed by atoms with Gasteiger partial charge >= 0.3 is 0 Å². The van der Waals surface area contributed by atoms with Gasteiger partial charge in [0.25, 0.3) is 0 Å². The Bertz CT molecular complexity index is 978. The van der Waals surface area contributed by atoms with Crippen LogP contribution < -0.4 is 10.1 Å². The average Bonchev–Trinajstić information content (AvgIpc) is 3.12. The number of carbonyl (C=O) groups is 1. The third-order valence-corrected chi connectivity index (χ3v) is 5.39. The predicted molar refractivity (Wildman–Crippen MR) is 111 cm³/mol. The summed E-state index contributed by atoms with van der Waals surface area (Å²) in [5.41, 5.74) is 2.19. The highest BCUT2D eigenvalue weighted by atomic mass is 35.5. The molecule has 1 amide bonds. The summed E-state index contributed by atoms with van der Waals surface area (Å²) in [5.74, 6) is 1.21. The maximum atomic E-state index is 12.4. The van der Waals surface area contributed by atoms with E-state index in [0.29, 0.717) is 34.0 Å². The lowest BCUT2D eigenvalue weighted by Crippen LogP contribution is -2.15. The number of halogens is 1. The molecule has 28 heavy (non-hydrogen) atoms. The van der Waals surface area contributed by atoms with Crippen LogP contribution in [0, 0.1) is 6.92 Å². The van der Waals surface area contributed by atoms with Gasteiger partial charge in [0.2, 0.25) is 5.91 Å². The first-order chi connectivity index (χ1) is 13.5. The summed E-state index contributed by atoms with van der Waals surface area (Å²) in [6.07, 6.45) is 1.71. The summed E-state index contributed by atoms with van der Waals surface area (Å²) < 4.78 is 7.23. The van der Waals surface area contributed by atoms with Gasteiger partial charge in [-0.15, -0.1) is 10.2 Å². The Hall–Kier alpha value is -2.58. The number of rotatable bonds is 7. The van der Waals surface area contributed by atoms with Gasteiger partial charge in [-0.25, -0.2) is 0 Å². The molecule has 0 unspecified atom stereocenters. The second-order valence-electron chi connectivity index (χ2n) is 5.90. The minimum atomic E-state index is -0.171. The fourth-order valence-corrected chi connectivity index (χ4v) is 3.57. The van der Waals surface area contributed by atoms with E-state index < -0.39 is 0 Å². The highest BCUT2D eigenvalue weighted by Crippen LogP contribution is 2.31. The molecule has 0 aliphatic heterocycles. The smallest absolute Gasteiger partial charge is 0.234 e. The van der Waals surface area contributed by atoms with E-state index in [0.717, 1.165) is 11.3 Å². The number of nitrogens with zero attached hydrogens (tertiary/aromatic N) is 4. The molecule has 0 saturated carbocycles. The van der Waals surface area contributed by atoms with E-state index in [-0.39, 0.29) is 11.7 Å². The molecule has 9 heteroatoms. The lowest BCUT2D eigenvalue weighted by Gasteiger charge is -2.12. The van der Waals surface area contributed by atoms with Gasteiger partial charge in [-0.1, -0.05) is 29.4 Å². The van der Waals surface area contributed by atoms with Crippen molar-refractivity contribution in [2.24, 2.45) is 0 Å². The fourth-order valence-electron chi connectivity index (χ4n) is 2.61. The third-order valence-electron chi connectivity index (χ3n) is 4.01. The van der Waals surface area contributed by atoms with Crippen molar-refractivity contribution in [2.45, 2.75) is 25.5 Å². The van der Waals surface area contributed by atoms with Crippen LogP contribution >= 0.6 is 23.4 Å². The molecule has 3 rings (SSSR count). The number of anilines is 1. The van der Waals surface area contributed by atoms with Crippen LogP contribution in [0.5, 0.6) is 5.75 Å². The molecule has 1 aromatic carbocycles. The van der Waals surface area contributed by atoms with Crippen molar-refractivity contribution in [3.63, 3.8) is 0 Å². The lowest BCUT2D eigenvalue weighted by atomic mass is 10.2. The molecule has 0 bridgehead atoms. The number of methoxy groups -OCH3 is 1. The van der Waals surface area contributed by atoms with Crippen molar-refractivity contribution in [1.82, 2.24) is 19.7 Å². The Kier molecular flexibility index (Phi) is 6.53. The standard InChI is InChI=1S/C19H20ClN5O2S/c1-4-25-18(14-7-5-6-8-21-14)23-24-19(25)28-11-17(26)22-15-9-12(2)13(20)10-16(15)27-3/h5-10H,4,11H2,1-3H3,(H,22,26). The van der Waals surface area contributed by atoms with Crippen molar-refractivity contribution in [3.05, 3.63) is 47.1 Å². The van der Waals surface area contributed by atoms with Crippen molar-refractivity contribution < 1.29 is 9.53 Å². The molecule has 1 N–H and O–H groups in total. The van der Waals surface area contributed by atoms with Gasteiger partial charge in [0.1, 0.15) is 11.4 Å². The largest absolute Gasteiger partial charge is 0.495 e. The molecule has 0 aliphatic rings. The molecule has 2 heterocycles. The first kappa shape index (κ1) is 20.2. The molecule has 3 aromatic rings. The minimum absolute atomic E-state index is 0.171. The molecule has 0 saturated heterocycles. The highest BCUT2D eigenvalue weighted by molar-refractivity contribution is 7.99. The number of hydrogen-bond donors (Lipinski definition) is 1. The van der Waals surface area contributed by atoms with Gasteiger partial charge in [0, 0.05) is 23.8 Å². The number of aromatic nitrogens is 4. The summed E-state index contributed by atoms with van der Waals surface area (Å²) in [4.78, 5) is 16.8. The van der Waals surface area contributed by atoms with Gasteiger partial charge in [-0.2, -0.15) is 0 Å². The molecule has 0 atom stereocenters. The molecule has 0 spiro atoms. The van der Waals surface area contributed by atoms with Crippen molar-refractivity contribution in [1.29, 1.82) is 0 Å². The number of aryl methyl sites for hydroxylation is 1. The van der Waals surface area contributed by atoms with Crippen LogP contribution in [-0.2, 0) is 11.3 Å². The molecule has 146 valence electrons. The van der Waals surface area contributed by atoms with Crippen LogP contribution in [0.1, 0.15) is 12.5 Å². The number of ether oxygens (including phenoxy) is 1. The normalized spacial score (nSPS) is 10.7. The Morgan fingerprint density at radius 2 is 2.14 bits per heavy atom. The van der Waals surface area contributed by atoms with Crippen molar-refractivity contribution >= 4 is 35.0 Å².